The normalized spacial score (nSPS) is 19.2. The van der Waals surface area contributed by atoms with Gasteiger partial charge in [0.2, 0.25) is 17.7 Å². The Morgan fingerprint density at radius 2 is 1.71 bits per heavy atom. The third kappa shape index (κ3) is 4.53. The Balaban J connectivity index is 1.14. The van der Waals surface area contributed by atoms with E-state index in [1.54, 1.807) is 23.1 Å². The van der Waals surface area contributed by atoms with Crippen molar-refractivity contribution >= 4 is 29.3 Å². The first-order valence-corrected chi connectivity index (χ1v) is 11.9. The van der Waals surface area contributed by atoms with E-state index in [0.717, 1.165) is 37.7 Å². The van der Waals surface area contributed by atoms with Crippen LogP contribution in [-0.2, 0) is 20.9 Å². The molecule has 0 radical (unpaired) electrons. The molecule has 0 aromatic heterocycles. The molecule has 1 unspecified atom stereocenters. The smallest absolute Gasteiger partial charge is 0.255 e. The number of carbonyl (C=O) groups is 4. The summed E-state index contributed by atoms with van der Waals surface area (Å²) in [6.45, 7) is 0.100. The van der Waals surface area contributed by atoms with Crippen LogP contribution in [0.5, 0.6) is 0 Å². The minimum absolute atomic E-state index is 0.0438. The first-order valence-electron chi connectivity index (χ1n) is 11.9. The summed E-state index contributed by atoms with van der Waals surface area (Å²) in [5.74, 6) is -0.645. The number of carbonyl (C=O) groups excluding carboxylic acids is 4. The quantitative estimate of drug-likeness (QED) is 0.563. The van der Waals surface area contributed by atoms with Crippen LogP contribution in [0.15, 0.2) is 48.5 Å². The van der Waals surface area contributed by atoms with Gasteiger partial charge in [-0.05, 0) is 55.0 Å². The Bertz CT molecular complexity index is 1140. The molecular formula is C26H28N4O4. The molecule has 2 fully saturated rings. The summed E-state index contributed by atoms with van der Waals surface area (Å²) in [7, 11) is 0. The maximum Gasteiger partial charge on any atom is 0.255 e. The number of hydrogen-bond donors (Lipinski definition) is 3. The van der Waals surface area contributed by atoms with Crippen LogP contribution in [0.25, 0.3) is 0 Å². The van der Waals surface area contributed by atoms with Gasteiger partial charge >= 0.3 is 0 Å². The highest BCUT2D eigenvalue weighted by Gasteiger charge is 2.47. The SMILES string of the molecule is O=C(CNC(=O)C1c2ccccc2C(=O)N1C1CC1)NCc1cccc(NC(=O)C2CCC2)c1. The van der Waals surface area contributed by atoms with Crippen molar-refractivity contribution in [3.05, 3.63) is 65.2 Å². The van der Waals surface area contributed by atoms with Gasteiger partial charge in [-0.1, -0.05) is 36.8 Å². The highest BCUT2D eigenvalue weighted by molar-refractivity contribution is 6.05. The van der Waals surface area contributed by atoms with Crippen LogP contribution in [0.3, 0.4) is 0 Å². The molecule has 0 bridgehead atoms. The molecule has 1 heterocycles. The highest BCUT2D eigenvalue weighted by atomic mass is 16.2. The van der Waals surface area contributed by atoms with Crippen molar-refractivity contribution in [3.8, 4) is 0 Å². The first kappa shape index (κ1) is 22.1. The average Bonchev–Trinajstić information content (AvgIpc) is 3.59. The minimum Gasteiger partial charge on any atom is -0.350 e. The Labute approximate surface area is 198 Å². The van der Waals surface area contributed by atoms with Crippen molar-refractivity contribution in [2.24, 2.45) is 5.92 Å². The third-order valence-corrected chi connectivity index (χ3v) is 6.77. The third-order valence-electron chi connectivity index (χ3n) is 6.77. The zero-order valence-corrected chi connectivity index (χ0v) is 18.9. The van der Waals surface area contributed by atoms with E-state index in [1.807, 2.05) is 30.3 Å². The van der Waals surface area contributed by atoms with Crippen LogP contribution in [0.1, 0.15) is 59.6 Å². The summed E-state index contributed by atoms with van der Waals surface area (Å²) >= 11 is 0. The predicted molar refractivity (Wildman–Crippen MR) is 126 cm³/mol. The van der Waals surface area contributed by atoms with Gasteiger partial charge in [0.25, 0.3) is 5.91 Å². The van der Waals surface area contributed by atoms with Gasteiger partial charge in [-0.15, -0.1) is 0 Å². The average molecular weight is 461 g/mol. The van der Waals surface area contributed by atoms with Gasteiger partial charge in [-0.25, -0.2) is 0 Å². The largest absolute Gasteiger partial charge is 0.350 e. The molecular weight excluding hydrogens is 432 g/mol. The fraction of sp³-hybridized carbons (Fsp3) is 0.385. The van der Waals surface area contributed by atoms with Crippen LogP contribution in [0.4, 0.5) is 5.69 Å². The second kappa shape index (κ2) is 9.29. The summed E-state index contributed by atoms with van der Waals surface area (Å²) in [6, 6.07) is 13.9. The standard InChI is InChI=1S/C26H28N4O4/c31-22(27-14-16-5-3-8-18(13-16)29-24(32)17-6-4-7-17)15-28-25(33)23-20-9-1-2-10-21(20)26(34)30(23)19-11-12-19/h1-3,5,8-10,13,17,19,23H,4,6-7,11-12,14-15H2,(H,27,31)(H,28,33)(H,29,32). The summed E-state index contributed by atoms with van der Waals surface area (Å²) in [5.41, 5.74) is 2.81. The van der Waals surface area contributed by atoms with Gasteiger partial charge in [0.15, 0.2) is 0 Å². The molecule has 2 aromatic rings. The van der Waals surface area contributed by atoms with Crippen molar-refractivity contribution < 1.29 is 19.2 Å². The van der Waals surface area contributed by atoms with Crippen LogP contribution in [0, 0.1) is 5.92 Å². The van der Waals surface area contributed by atoms with E-state index in [1.165, 1.54) is 0 Å². The van der Waals surface area contributed by atoms with Crippen molar-refractivity contribution in [1.29, 1.82) is 0 Å². The lowest BCUT2D eigenvalue weighted by molar-refractivity contribution is -0.129. The van der Waals surface area contributed by atoms with Crippen LogP contribution in [-0.4, -0.2) is 41.1 Å². The van der Waals surface area contributed by atoms with E-state index < -0.39 is 6.04 Å². The Morgan fingerprint density at radius 1 is 0.912 bits per heavy atom. The van der Waals surface area contributed by atoms with Gasteiger partial charge in [0, 0.05) is 29.8 Å². The molecule has 3 N–H and O–H groups in total. The molecule has 5 rings (SSSR count). The molecule has 34 heavy (non-hydrogen) atoms. The van der Waals surface area contributed by atoms with Crippen LogP contribution >= 0.6 is 0 Å². The second-order valence-corrected chi connectivity index (χ2v) is 9.25. The van der Waals surface area contributed by atoms with Crippen molar-refractivity contribution in [2.45, 2.75) is 50.7 Å². The lowest BCUT2D eigenvalue weighted by Gasteiger charge is -2.24. The number of amides is 4. The topological polar surface area (TPSA) is 108 Å². The minimum atomic E-state index is -0.694. The zero-order valence-electron chi connectivity index (χ0n) is 18.9. The van der Waals surface area contributed by atoms with Gasteiger partial charge in [0.1, 0.15) is 6.04 Å². The van der Waals surface area contributed by atoms with Crippen LogP contribution in [0.2, 0.25) is 0 Å². The molecule has 2 aromatic carbocycles. The van der Waals surface area contributed by atoms with Crippen molar-refractivity contribution in [1.82, 2.24) is 15.5 Å². The van der Waals surface area contributed by atoms with E-state index in [-0.39, 0.29) is 48.7 Å². The number of anilines is 1. The van der Waals surface area contributed by atoms with Gasteiger partial charge in [-0.3, -0.25) is 19.2 Å². The second-order valence-electron chi connectivity index (χ2n) is 9.25. The molecule has 3 aliphatic rings. The summed E-state index contributed by atoms with van der Waals surface area (Å²) < 4.78 is 0. The molecule has 1 aliphatic heterocycles. The molecule has 0 spiro atoms. The fourth-order valence-corrected chi connectivity index (χ4v) is 4.53. The molecule has 1 atom stereocenters. The molecule has 0 saturated heterocycles. The lowest BCUT2D eigenvalue weighted by Crippen LogP contribution is -2.43. The number of hydrogen-bond acceptors (Lipinski definition) is 4. The van der Waals surface area contributed by atoms with Gasteiger partial charge < -0.3 is 20.9 Å². The highest BCUT2D eigenvalue weighted by Crippen LogP contribution is 2.41. The number of benzene rings is 2. The van der Waals surface area contributed by atoms with Crippen LogP contribution < -0.4 is 16.0 Å². The number of fused-ring (bicyclic) bond motifs is 1. The maximum atomic E-state index is 13.0. The Morgan fingerprint density at radius 3 is 2.44 bits per heavy atom. The number of rotatable bonds is 8. The maximum absolute atomic E-state index is 13.0. The number of nitrogens with zero attached hydrogens (tertiary/aromatic N) is 1. The molecule has 2 aliphatic carbocycles. The monoisotopic (exact) mass is 460 g/mol. The lowest BCUT2D eigenvalue weighted by atomic mass is 9.85. The molecule has 4 amide bonds. The van der Waals surface area contributed by atoms with Crippen molar-refractivity contribution in [3.63, 3.8) is 0 Å². The Kier molecular flexibility index (Phi) is 6.04. The predicted octanol–water partition coefficient (Wildman–Crippen LogP) is 2.52. The van der Waals surface area contributed by atoms with Crippen molar-refractivity contribution in [2.75, 3.05) is 11.9 Å². The molecule has 8 nitrogen and oxygen atoms in total. The van der Waals surface area contributed by atoms with E-state index in [2.05, 4.69) is 16.0 Å². The van der Waals surface area contributed by atoms with E-state index in [4.69, 9.17) is 0 Å². The van der Waals surface area contributed by atoms with E-state index in [9.17, 15) is 19.2 Å². The fourth-order valence-electron chi connectivity index (χ4n) is 4.53. The summed E-state index contributed by atoms with van der Waals surface area (Å²) in [5, 5.41) is 8.43. The van der Waals surface area contributed by atoms with E-state index >= 15 is 0 Å². The summed E-state index contributed by atoms with van der Waals surface area (Å²) in [4.78, 5) is 52.0. The first-order chi connectivity index (χ1) is 16.5. The van der Waals surface area contributed by atoms with E-state index in [0.29, 0.717) is 16.8 Å². The molecule has 8 heteroatoms. The molecule has 2 saturated carbocycles. The number of nitrogens with one attached hydrogen (secondary N) is 3. The van der Waals surface area contributed by atoms with Gasteiger partial charge in [-0.2, -0.15) is 0 Å². The van der Waals surface area contributed by atoms with Gasteiger partial charge in [0.05, 0.1) is 6.54 Å². The Hall–Kier alpha value is -3.68. The summed E-state index contributed by atoms with van der Waals surface area (Å²) in [6.07, 6.45) is 4.76. The zero-order chi connectivity index (χ0) is 23.7. The molecule has 176 valence electrons.